The van der Waals surface area contributed by atoms with Gasteiger partial charge in [0.25, 0.3) is 0 Å². The van der Waals surface area contributed by atoms with Gasteiger partial charge in [0.1, 0.15) is 23.7 Å². The number of hydrogen-bond donors (Lipinski definition) is 4. The van der Waals surface area contributed by atoms with Crippen LogP contribution in [0.25, 0.3) is 11.1 Å². The molecular weight excluding hydrogens is 514 g/mol. The quantitative estimate of drug-likeness (QED) is 0.233. The van der Waals surface area contributed by atoms with Gasteiger partial charge >= 0.3 is 0 Å². The highest BCUT2D eigenvalue weighted by atomic mass is 16.5. The number of phenols is 3. The lowest BCUT2D eigenvalue weighted by atomic mass is 9.53. The fraction of sp³-hybridized carbons (Fsp3) is 0.371. The van der Waals surface area contributed by atoms with E-state index in [2.05, 4.69) is 31.9 Å². The van der Waals surface area contributed by atoms with Crippen molar-refractivity contribution < 1.29 is 25.2 Å². The molecule has 0 aromatic heterocycles. The van der Waals surface area contributed by atoms with Crippen LogP contribution in [0.2, 0.25) is 0 Å². The molecule has 2 aliphatic carbocycles. The van der Waals surface area contributed by atoms with Crippen LogP contribution in [-0.4, -0.2) is 57.2 Å². The summed E-state index contributed by atoms with van der Waals surface area (Å²) in [7, 11) is 2.19. The molecule has 0 radical (unpaired) electrons. The van der Waals surface area contributed by atoms with Crippen LogP contribution in [0.15, 0.2) is 72.8 Å². The smallest absolute Gasteiger partial charge is 0.165 e. The molecule has 2 aliphatic heterocycles. The summed E-state index contributed by atoms with van der Waals surface area (Å²) in [5.74, 6) is 1.76. The third-order valence-electron chi connectivity index (χ3n) is 9.65. The number of benzene rings is 3. The molecular formula is C35H39NO5. The number of likely N-dealkylation sites (tertiary alicyclic amines) is 1. The molecule has 2 bridgehead atoms. The highest BCUT2D eigenvalue weighted by Gasteiger charge is 2.64. The van der Waals surface area contributed by atoms with Gasteiger partial charge in [0.2, 0.25) is 0 Å². The van der Waals surface area contributed by atoms with Crippen molar-refractivity contribution in [1.82, 2.24) is 4.90 Å². The standard InChI is InChI=1S/C18H20O2.C17H19NO3/c1-3-17(13-5-9-15(19)10-6-13)18(4-2)14-7-11-16(20)12-8-14;1-18-7-6-17-10-3-5-13(20)16(17)21-15-12(19)4-2-9(14(15)17)8-11(10)18/h5-12,19-20H,3-4H2,1-2H3;2-5,10-11,13,16,19-20H,6-8H2,1H3/b18-17+;/t;10-,11+,13-,16-,17-/m.0/s1. The van der Waals surface area contributed by atoms with Crippen LogP contribution in [0.1, 0.15) is 55.4 Å². The van der Waals surface area contributed by atoms with Gasteiger partial charge in [0.05, 0.1) is 0 Å². The average Bonchev–Trinajstić information content (AvgIpc) is 3.34. The Morgan fingerprint density at radius 2 is 1.44 bits per heavy atom. The fourth-order valence-electron chi connectivity index (χ4n) is 7.75. The van der Waals surface area contributed by atoms with E-state index in [-0.39, 0.29) is 28.8 Å². The van der Waals surface area contributed by atoms with E-state index in [0.29, 0.717) is 17.7 Å². The number of aliphatic hydroxyl groups excluding tert-OH is 1. The van der Waals surface area contributed by atoms with Gasteiger partial charge in [-0.3, -0.25) is 0 Å². The van der Waals surface area contributed by atoms with Gasteiger partial charge in [0, 0.05) is 22.9 Å². The van der Waals surface area contributed by atoms with Crippen LogP contribution in [-0.2, 0) is 11.8 Å². The van der Waals surface area contributed by atoms with Gasteiger partial charge in [-0.05, 0) is 97.4 Å². The molecule has 1 saturated heterocycles. The van der Waals surface area contributed by atoms with Crippen LogP contribution >= 0.6 is 0 Å². The first kappa shape index (κ1) is 27.4. The molecule has 0 amide bonds. The van der Waals surface area contributed by atoms with Crippen LogP contribution in [0.5, 0.6) is 23.0 Å². The van der Waals surface area contributed by atoms with E-state index in [0.717, 1.165) is 43.4 Å². The second kappa shape index (κ2) is 10.6. The summed E-state index contributed by atoms with van der Waals surface area (Å²) in [4.78, 5) is 2.43. The molecule has 4 N–H and O–H groups in total. The zero-order chi connectivity index (χ0) is 28.9. The number of ether oxygens (including phenoxy) is 1. The SMILES string of the molecule is CC/C(=C(/CC)c1ccc(O)cc1)c1ccc(O)cc1.CN1CC[C@]23c4c5ccc(O)c4O[C@H]2[C@@H](O)C=C[C@H]3[C@H]1C5. The average molecular weight is 554 g/mol. The number of allylic oxidation sites excluding steroid dienone is 2. The van der Waals surface area contributed by atoms with E-state index >= 15 is 0 Å². The molecule has 6 heteroatoms. The molecule has 0 saturated carbocycles. The van der Waals surface area contributed by atoms with Gasteiger partial charge in [-0.1, -0.05) is 56.3 Å². The predicted molar refractivity (Wildman–Crippen MR) is 161 cm³/mol. The van der Waals surface area contributed by atoms with Crippen molar-refractivity contribution in [2.24, 2.45) is 5.92 Å². The summed E-state index contributed by atoms with van der Waals surface area (Å²) in [6, 6.07) is 18.9. The molecule has 4 aliphatic rings. The Labute approximate surface area is 241 Å². The Morgan fingerprint density at radius 3 is 2.00 bits per heavy atom. The zero-order valence-electron chi connectivity index (χ0n) is 23.9. The number of aromatic hydroxyl groups is 3. The Balaban J connectivity index is 0.000000148. The lowest BCUT2D eigenvalue weighted by Crippen LogP contribution is -2.64. The van der Waals surface area contributed by atoms with E-state index in [9.17, 15) is 20.4 Å². The minimum Gasteiger partial charge on any atom is -0.508 e. The minimum absolute atomic E-state index is 0.160. The predicted octanol–water partition coefficient (Wildman–Crippen LogP) is 6.03. The Hall–Kier alpha value is -3.74. The molecule has 3 aromatic carbocycles. The van der Waals surface area contributed by atoms with Gasteiger partial charge in [-0.25, -0.2) is 0 Å². The van der Waals surface area contributed by atoms with Crippen LogP contribution < -0.4 is 4.74 Å². The maximum absolute atomic E-state index is 10.4. The van der Waals surface area contributed by atoms with Gasteiger partial charge in [-0.2, -0.15) is 0 Å². The van der Waals surface area contributed by atoms with Crippen molar-refractivity contribution in [2.45, 2.75) is 63.2 Å². The number of likely N-dealkylation sites (N-methyl/N-ethyl adjacent to an activating group) is 1. The molecule has 6 nitrogen and oxygen atoms in total. The molecule has 41 heavy (non-hydrogen) atoms. The molecule has 7 rings (SSSR count). The summed E-state index contributed by atoms with van der Waals surface area (Å²) in [5.41, 5.74) is 7.11. The van der Waals surface area contributed by atoms with E-state index in [4.69, 9.17) is 4.74 Å². The third-order valence-corrected chi connectivity index (χ3v) is 9.65. The van der Waals surface area contributed by atoms with Crippen LogP contribution in [0.3, 0.4) is 0 Å². The highest BCUT2D eigenvalue weighted by Crippen LogP contribution is 2.62. The topological polar surface area (TPSA) is 93.4 Å². The molecule has 3 aromatic rings. The normalized spacial score (nSPS) is 27.7. The lowest BCUT2D eigenvalue weighted by molar-refractivity contribution is -0.0453. The zero-order valence-corrected chi connectivity index (χ0v) is 23.9. The molecule has 0 unspecified atom stereocenters. The van der Waals surface area contributed by atoms with Crippen molar-refractivity contribution in [2.75, 3.05) is 13.6 Å². The second-order valence-corrected chi connectivity index (χ2v) is 11.7. The van der Waals surface area contributed by atoms with Gasteiger partial charge in [0.15, 0.2) is 11.5 Å². The fourth-order valence-corrected chi connectivity index (χ4v) is 7.75. The number of nitrogens with zero attached hydrogens (tertiary/aromatic N) is 1. The van der Waals surface area contributed by atoms with Crippen molar-refractivity contribution in [1.29, 1.82) is 0 Å². The Bertz CT molecular complexity index is 1440. The number of rotatable bonds is 4. The molecule has 2 heterocycles. The molecule has 1 fully saturated rings. The van der Waals surface area contributed by atoms with Gasteiger partial charge in [-0.15, -0.1) is 0 Å². The van der Waals surface area contributed by atoms with Crippen molar-refractivity contribution in [3.05, 3.63) is 95.1 Å². The summed E-state index contributed by atoms with van der Waals surface area (Å²) >= 11 is 0. The van der Waals surface area contributed by atoms with Crippen LogP contribution in [0.4, 0.5) is 0 Å². The summed E-state index contributed by atoms with van der Waals surface area (Å²) in [6.07, 6.45) is 7.03. The third kappa shape index (κ3) is 4.41. The first-order chi connectivity index (χ1) is 19.8. The number of phenolic OH excluding ortho intramolecular Hbond substituents is 3. The second-order valence-electron chi connectivity index (χ2n) is 11.7. The minimum atomic E-state index is -0.594. The van der Waals surface area contributed by atoms with Crippen molar-refractivity contribution in [3.63, 3.8) is 0 Å². The Kier molecular flexibility index (Phi) is 7.08. The first-order valence-electron chi connectivity index (χ1n) is 14.7. The number of hydrogen-bond acceptors (Lipinski definition) is 6. The van der Waals surface area contributed by atoms with E-state index in [1.165, 1.54) is 22.3 Å². The van der Waals surface area contributed by atoms with Crippen LogP contribution in [0, 0.1) is 5.92 Å². The largest absolute Gasteiger partial charge is 0.508 e. The highest BCUT2D eigenvalue weighted by molar-refractivity contribution is 5.90. The number of aliphatic hydroxyl groups is 1. The molecule has 5 atom stereocenters. The summed E-state index contributed by atoms with van der Waals surface area (Å²) < 4.78 is 6.09. The number of piperidine rings is 1. The Morgan fingerprint density at radius 1 is 0.854 bits per heavy atom. The molecule has 214 valence electrons. The summed E-state index contributed by atoms with van der Waals surface area (Å²) in [5, 5.41) is 39.5. The lowest BCUT2D eigenvalue weighted by Gasteiger charge is -2.56. The molecule has 1 spiro atoms. The maximum Gasteiger partial charge on any atom is 0.165 e. The van der Waals surface area contributed by atoms with Gasteiger partial charge < -0.3 is 30.1 Å². The maximum atomic E-state index is 10.4. The monoisotopic (exact) mass is 553 g/mol. The van der Waals surface area contributed by atoms with Crippen molar-refractivity contribution >= 4 is 11.1 Å². The summed E-state index contributed by atoms with van der Waals surface area (Å²) in [6.45, 7) is 5.28. The van der Waals surface area contributed by atoms with Crippen molar-refractivity contribution in [3.8, 4) is 23.0 Å². The van der Waals surface area contributed by atoms with E-state index in [1.54, 1.807) is 30.3 Å². The first-order valence-corrected chi connectivity index (χ1v) is 14.7. The van der Waals surface area contributed by atoms with E-state index in [1.807, 2.05) is 36.4 Å². The van der Waals surface area contributed by atoms with E-state index < -0.39 is 6.10 Å².